The molecule has 1 aliphatic heterocycles. The van der Waals surface area contributed by atoms with Gasteiger partial charge in [0.25, 0.3) is 0 Å². The minimum absolute atomic E-state index is 0.0236. The van der Waals surface area contributed by atoms with Gasteiger partial charge in [0.15, 0.2) is 11.6 Å². The molecule has 12 nitrogen and oxygen atoms in total. The van der Waals surface area contributed by atoms with E-state index in [1.54, 1.807) is 97.0 Å². The van der Waals surface area contributed by atoms with E-state index in [1.165, 1.54) is 0 Å². The maximum atomic E-state index is 14.5. The minimum atomic E-state index is -1.04. The van der Waals surface area contributed by atoms with E-state index in [1.807, 2.05) is 30.3 Å². The highest BCUT2D eigenvalue weighted by atomic mass is 16.6. The molecule has 0 saturated carbocycles. The summed E-state index contributed by atoms with van der Waals surface area (Å²) < 4.78 is 16.3. The lowest BCUT2D eigenvalue weighted by Crippen LogP contribution is -2.47. The van der Waals surface area contributed by atoms with Gasteiger partial charge in [-0.2, -0.15) is 0 Å². The zero-order chi connectivity index (χ0) is 44.1. The Morgan fingerprint density at radius 2 is 1.15 bits per heavy atom. The maximum Gasteiger partial charge on any atom is 0.412 e. The smallest absolute Gasteiger partial charge is 0.412 e. The molecule has 1 heterocycles. The van der Waals surface area contributed by atoms with Crippen LogP contribution in [-0.4, -0.2) is 64.9 Å². The second-order valence-corrected chi connectivity index (χ2v) is 18.0. The third kappa shape index (κ3) is 16.4. The Labute approximate surface area is 354 Å². The molecule has 1 fully saturated rings. The predicted molar refractivity (Wildman–Crippen MR) is 232 cm³/mol. The molecule has 60 heavy (non-hydrogen) atoms. The van der Waals surface area contributed by atoms with Gasteiger partial charge in [0, 0.05) is 42.5 Å². The summed E-state index contributed by atoms with van der Waals surface area (Å²) >= 11 is 0. The number of epoxide rings is 1. The SMILES string of the molecule is CCCCCC(=O)C[C@@H](Cc1ccc(NC(=O)OC(C)(C)C)cc1)C(=O)N[C@@H](Cc1ccc(NC(=O)OC(C)(C)C)cc1)C(=O)C[C@@H](Cc1ccccc1)C(=O)[C@@]1(C)CO1. The first-order chi connectivity index (χ1) is 28.2. The van der Waals surface area contributed by atoms with E-state index in [0.29, 0.717) is 36.2 Å². The highest BCUT2D eigenvalue weighted by Crippen LogP contribution is 2.33. The van der Waals surface area contributed by atoms with Gasteiger partial charge >= 0.3 is 12.2 Å². The Hall–Kier alpha value is -5.36. The minimum Gasteiger partial charge on any atom is -0.444 e. The van der Waals surface area contributed by atoms with E-state index < -0.39 is 52.8 Å². The number of carbonyl (C=O) groups is 6. The lowest BCUT2D eigenvalue weighted by molar-refractivity contribution is -0.134. The van der Waals surface area contributed by atoms with Gasteiger partial charge in [0.2, 0.25) is 5.91 Å². The van der Waals surface area contributed by atoms with Crippen molar-refractivity contribution in [2.24, 2.45) is 11.8 Å². The summed E-state index contributed by atoms with van der Waals surface area (Å²) in [5, 5.41) is 8.42. The Balaban J connectivity index is 1.60. The van der Waals surface area contributed by atoms with Crippen LogP contribution in [0.25, 0.3) is 0 Å². The first-order valence-electron chi connectivity index (χ1n) is 21.0. The lowest BCUT2D eigenvalue weighted by Gasteiger charge is -2.25. The first-order valence-corrected chi connectivity index (χ1v) is 21.0. The van der Waals surface area contributed by atoms with Crippen LogP contribution in [-0.2, 0) is 52.7 Å². The number of anilines is 2. The van der Waals surface area contributed by atoms with Gasteiger partial charge in [0.1, 0.15) is 22.6 Å². The monoisotopic (exact) mass is 825 g/mol. The topological polar surface area (TPSA) is 170 Å². The molecule has 3 aromatic rings. The standard InChI is InChI=1S/C48H63N3O9/c1-9-10-12-17-39(52)29-36(27-33-18-22-37(23-19-33)49-44(56)59-46(2,3)4)43(55)51-40(28-34-20-24-38(25-21-34)50-45(57)60-47(5,6)7)41(53)30-35(42(54)48(8)31-58-48)26-32-15-13-11-14-16-32/h11,13-16,18-25,35-36,40H,9-10,12,17,26-31H2,1-8H3,(H,49,56)(H,50,57)(H,51,55)/t35-,36-,40+,48-/m1/s1. The summed E-state index contributed by atoms with van der Waals surface area (Å²) in [6.45, 7) is 14.7. The number of unbranched alkanes of at least 4 members (excludes halogenated alkanes) is 2. The molecule has 4 atom stereocenters. The van der Waals surface area contributed by atoms with Gasteiger partial charge in [-0.25, -0.2) is 9.59 Å². The summed E-state index contributed by atoms with van der Waals surface area (Å²) in [5.41, 5.74) is 1.04. The van der Waals surface area contributed by atoms with Crippen LogP contribution in [0.4, 0.5) is 21.0 Å². The van der Waals surface area contributed by atoms with E-state index in [0.717, 1.165) is 24.0 Å². The second-order valence-electron chi connectivity index (χ2n) is 18.0. The Bertz CT molecular complexity index is 1930. The number of hydrogen-bond donors (Lipinski definition) is 3. The molecule has 0 radical (unpaired) electrons. The van der Waals surface area contributed by atoms with Crippen LogP contribution < -0.4 is 16.0 Å². The average Bonchev–Trinajstić information content (AvgIpc) is 3.92. The molecule has 0 unspecified atom stereocenters. The van der Waals surface area contributed by atoms with Crippen molar-refractivity contribution < 1.29 is 43.0 Å². The van der Waals surface area contributed by atoms with Crippen LogP contribution in [0.5, 0.6) is 0 Å². The van der Waals surface area contributed by atoms with Crippen molar-refractivity contribution in [2.75, 3.05) is 17.2 Å². The lowest BCUT2D eigenvalue weighted by atomic mass is 9.83. The Morgan fingerprint density at radius 1 is 0.667 bits per heavy atom. The molecule has 1 aliphatic rings. The Kier molecular flexibility index (Phi) is 16.8. The fourth-order valence-corrected chi connectivity index (χ4v) is 6.78. The molecule has 0 aliphatic carbocycles. The third-order valence-corrected chi connectivity index (χ3v) is 9.97. The number of nitrogens with one attached hydrogen (secondary N) is 3. The van der Waals surface area contributed by atoms with Crippen LogP contribution in [0, 0.1) is 11.8 Å². The van der Waals surface area contributed by atoms with Gasteiger partial charge in [-0.05, 0) is 115 Å². The molecule has 12 heteroatoms. The second kappa shape index (κ2) is 21.2. The highest BCUT2D eigenvalue weighted by molar-refractivity contribution is 5.97. The normalized spacial score (nSPS) is 16.4. The molecule has 0 bridgehead atoms. The molecular formula is C48H63N3O9. The van der Waals surface area contributed by atoms with E-state index in [9.17, 15) is 28.8 Å². The molecule has 1 saturated heterocycles. The number of hydrogen-bond acceptors (Lipinski definition) is 9. The Morgan fingerprint density at radius 3 is 1.63 bits per heavy atom. The molecular weight excluding hydrogens is 763 g/mol. The fourth-order valence-electron chi connectivity index (χ4n) is 6.78. The van der Waals surface area contributed by atoms with E-state index in [-0.39, 0.29) is 49.6 Å². The van der Waals surface area contributed by atoms with E-state index in [4.69, 9.17) is 14.2 Å². The van der Waals surface area contributed by atoms with E-state index in [2.05, 4.69) is 22.9 Å². The third-order valence-electron chi connectivity index (χ3n) is 9.97. The number of ether oxygens (including phenoxy) is 3. The number of carbonyl (C=O) groups excluding carboxylic acids is 6. The number of ketones is 3. The zero-order valence-electron chi connectivity index (χ0n) is 36.5. The largest absolute Gasteiger partial charge is 0.444 e. The number of rotatable bonds is 21. The summed E-state index contributed by atoms with van der Waals surface area (Å²) in [6, 6.07) is 22.3. The number of amides is 3. The van der Waals surface area contributed by atoms with Crippen molar-refractivity contribution in [1.29, 1.82) is 0 Å². The highest BCUT2D eigenvalue weighted by Gasteiger charge is 2.50. The zero-order valence-corrected chi connectivity index (χ0v) is 36.5. The summed E-state index contributed by atoms with van der Waals surface area (Å²) in [4.78, 5) is 80.7. The van der Waals surface area contributed by atoms with Gasteiger partial charge in [-0.3, -0.25) is 29.8 Å². The van der Waals surface area contributed by atoms with Gasteiger partial charge in [-0.15, -0.1) is 0 Å². The van der Waals surface area contributed by atoms with Crippen molar-refractivity contribution in [3.8, 4) is 0 Å². The van der Waals surface area contributed by atoms with Crippen LogP contribution in [0.2, 0.25) is 0 Å². The molecule has 3 amide bonds. The molecule has 324 valence electrons. The van der Waals surface area contributed by atoms with Crippen molar-refractivity contribution in [1.82, 2.24) is 5.32 Å². The predicted octanol–water partition coefficient (Wildman–Crippen LogP) is 8.98. The van der Waals surface area contributed by atoms with Crippen LogP contribution >= 0.6 is 0 Å². The molecule has 0 aromatic heterocycles. The van der Waals surface area contributed by atoms with Crippen molar-refractivity contribution >= 4 is 46.8 Å². The average molecular weight is 826 g/mol. The van der Waals surface area contributed by atoms with Crippen molar-refractivity contribution in [3.05, 3.63) is 95.6 Å². The van der Waals surface area contributed by atoms with Crippen molar-refractivity contribution in [3.63, 3.8) is 0 Å². The summed E-state index contributed by atoms with van der Waals surface area (Å²) in [6.07, 6.45) is 2.15. The number of Topliss-reactive ketones (excluding diaryl/α,β-unsaturated/α-hetero) is 3. The molecule has 3 N–H and O–H groups in total. The quantitative estimate of drug-likeness (QED) is 0.0701. The van der Waals surface area contributed by atoms with Gasteiger partial charge in [0.05, 0.1) is 12.6 Å². The number of benzene rings is 3. The van der Waals surface area contributed by atoms with Crippen molar-refractivity contribution in [2.45, 2.75) is 136 Å². The molecule has 3 aromatic carbocycles. The van der Waals surface area contributed by atoms with Crippen LogP contribution in [0.3, 0.4) is 0 Å². The van der Waals surface area contributed by atoms with Gasteiger partial charge < -0.3 is 19.5 Å². The summed E-state index contributed by atoms with van der Waals surface area (Å²) in [5.74, 6) is -2.50. The van der Waals surface area contributed by atoms with Crippen LogP contribution in [0.1, 0.15) is 111 Å². The summed E-state index contributed by atoms with van der Waals surface area (Å²) in [7, 11) is 0. The van der Waals surface area contributed by atoms with E-state index >= 15 is 0 Å². The first kappa shape index (κ1) is 47.3. The van der Waals surface area contributed by atoms with Crippen LogP contribution in [0.15, 0.2) is 78.9 Å². The molecule has 0 spiro atoms. The van der Waals surface area contributed by atoms with Gasteiger partial charge in [-0.1, -0.05) is 74.4 Å². The fraction of sp³-hybridized carbons (Fsp3) is 0.500. The molecule has 4 rings (SSSR count). The maximum absolute atomic E-state index is 14.5.